The number of hydrogen-bond acceptors (Lipinski definition) is 2. The molecule has 0 aliphatic rings. The first-order valence-electron chi connectivity index (χ1n) is 8.83. The van der Waals surface area contributed by atoms with Crippen LogP contribution in [0.5, 0.6) is 0 Å². The Morgan fingerprint density at radius 3 is 2.76 bits per heavy atom. The van der Waals surface area contributed by atoms with Crippen molar-refractivity contribution >= 4 is 16.8 Å². The first-order chi connectivity index (χ1) is 12.0. The normalized spacial score (nSPS) is 11.2. The average Bonchev–Trinajstić information content (AvgIpc) is 3.15. The highest BCUT2D eigenvalue weighted by Crippen LogP contribution is 2.20. The summed E-state index contributed by atoms with van der Waals surface area (Å²) in [5.74, 6) is 0.160. The summed E-state index contributed by atoms with van der Waals surface area (Å²) in [6, 6.07) is 8.21. The molecule has 0 spiro atoms. The van der Waals surface area contributed by atoms with Gasteiger partial charge in [-0.15, -0.1) is 0 Å². The minimum Gasteiger partial charge on any atom is -0.361 e. The van der Waals surface area contributed by atoms with Gasteiger partial charge in [-0.3, -0.25) is 9.48 Å². The van der Waals surface area contributed by atoms with Crippen LogP contribution in [0.3, 0.4) is 0 Å². The highest BCUT2D eigenvalue weighted by atomic mass is 16.2. The topological polar surface area (TPSA) is 53.9 Å². The summed E-state index contributed by atoms with van der Waals surface area (Å²) in [7, 11) is 1.87. The van der Waals surface area contributed by atoms with Crippen LogP contribution < -0.4 is 0 Å². The van der Waals surface area contributed by atoms with E-state index in [-0.39, 0.29) is 5.91 Å². The molecule has 1 N–H and O–H groups in total. The lowest BCUT2D eigenvalue weighted by Gasteiger charge is -2.17. The fourth-order valence-corrected chi connectivity index (χ4v) is 3.37. The van der Waals surface area contributed by atoms with Gasteiger partial charge in [-0.25, -0.2) is 0 Å². The molecule has 25 heavy (non-hydrogen) atoms. The summed E-state index contributed by atoms with van der Waals surface area (Å²) >= 11 is 0. The Morgan fingerprint density at radius 1 is 1.28 bits per heavy atom. The Balaban J connectivity index is 1.64. The third-order valence-electron chi connectivity index (χ3n) is 4.94. The van der Waals surface area contributed by atoms with Crippen LogP contribution in [0.2, 0.25) is 0 Å². The number of aromatic nitrogens is 3. The monoisotopic (exact) mass is 338 g/mol. The van der Waals surface area contributed by atoms with Crippen molar-refractivity contribution in [2.75, 3.05) is 7.05 Å². The maximum absolute atomic E-state index is 12.6. The number of aromatic amines is 1. The number of rotatable bonds is 6. The third kappa shape index (κ3) is 3.45. The zero-order valence-corrected chi connectivity index (χ0v) is 15.5. The molecule has 1 amide bonds. The van der Waals surface area contributed by atoms with E-state index in [2.05, 4.69) is 36.1 Å². The standard InChI is InChI=1S/C20H26N4O/c1-5-24-15(3)18(14(2)22-24)13-23(4)20(25)11-10-16-12-21-19-9-7-6-8-17(16)19/h6-9,12,21H,5,10-11,13H2,1-4H3. The van der Waals surface area contributed by atoms with E-state index in [0.29, 0.717) is 13.0 Å². The maximum atomic E-state index is 12.6. The number of amides is 1. The summed E-state index contributed by atoms with van der Waals surface area (Å²) in [4.78, 5) is 17.6. The first-order valence-corrected chi connectivity index (χ1v) is 8.83. The summed E-state index contributed by atoms with van der Waals surface area (Å²) in [5.41, 5.74) is 5.64. The van der Waals surface area contributed by atoms with Crippen LogP contribution in [0.4, 0.5) is 0 Å². The predicted octanol–water partition coefficient (Wildman–Crippen LogP) is 3.59. The maximum Gasteiger partial charge on any atom is 0.222 e. The summed E-state index contributed by atoms with van der Waals surface area (Å²) < 4.78 is 1.99. The molecule has 5 heteroatoms. The molecule has 0 atom stereocenters. The number of carbonyl (C=O) groups excluding carboxylic acids is 1. The minimum atomic E-state index is 0.160. The van der Waals surface area contributed by atoms with E-state index >= 15 is 0 Å². The van der Waals surface area contributed by atoms with Crippen LogP contribution in [-0.2, 0) is 24.3 Å². The van der Waals surface area contributed by atoms with Crippen molar-refractivity contribution in [2.45, 2.75) is 46.7 Å². The van der Waals surface area contributed by atoms with E-state index in [1.54, 1.807) is 0 Å². The number of benzene rings is 1. The quantitative estimate of drug-likeness (QED) is 0.747. The lowest BCUT2D eigenvalue weighted by molar-refractivity contribution is -0.130. The Labute approximate surface area is 148 Å². The molecule has 3 rings (SSSR count). The summed E-state index contributed by atoms with van der Waals surface area (Å²) in [5, 5.41) is 5.74. The second-order valence-corrected chi connectivity index (χ2v) is 6.57. The molecule has 2 aromatic heterocycles. The molecule has 2 heterocycles. The van der Waals surface area contributed by atoms with E-state index in [9.17, 15) is 4.79 Å². The van der Waals surface area contributed by atoms with E-state index in [1.807, 2.05) is 41.9 Å². The van der Waals surface area contributed by atoms with Gasteiger partial charge in [0.2, 0.25) is 5.91 Å². The van der Waals surface area contributed by atoms with Crippen LogP contribution in [0, 0.1) is 13.8 Å². The van der Waals surface area contributed by atoms with Gasteiger partial charge in [0.25, 0.3) is 0 Å². The van der Waals surface area contributed by atoms with Crippen molar-refractivity contribution in [3.63, 3.8) is 0 Å². The van der Waals surface area contributed by atoms with Gasteiger partial charge in [-0.2, -0.15) is 5.10 Å². The van der Waals surface area contributed by atoms with Crippen LogP contribution in [0.15, 0.2) is 30.5 Å². The summed E-state index contributed by atoms with van der Waals surface area (Å²) in [6.07, 6.45) is 3.27. The molecule has 0 bridgehead atoms. The molecule has 0 aliphatic heterocycles. The van der Waals surface area contributed by atoms with Gasteiger partial charge < -0.3 is 9.88 Å². The van der Waals surface area contributed by atoms with Crippen molar-refractivity contribution in [3.05, 3.63) is 53.0 Å². The van der Waals surface area contributed by atoms with E-state index in [4.69, 9.17) is 0 Å². The number of para-hydroxylation sites is 1. The molecule has 0 radical (unpaired) electrons. The molecule has 132 valence electrons. The van der Waals surface area contributed by atoms with Gasteiger partial charge in [0.15, 0.2) is 0 Å². The minimum absolute atomic E-state index is 0.160. The molecule has 5 nitrogen and oxygen atoms in total. The number of nitrogens with zero attached hydrogens (tertiary/aromatic N) is 3. The molecule has 0 fully saturated rings. The Morgan fingerprint density at radius 2 is 2.04 bits per heavy atom. The Kier molecular flexibility index (Phi) is 4.93. The van der Waals surface area contributed by atoms with E-state index in [0.717, 1.165) is 35.4 Å². The van der Waals surface area contributed by atoms with Crippen molar-refractivity contribution in [3.8, 4) is 0 Å². The van der Waals surface area contributed by atoms with Crippen LogP contribution in [0.25, 0.3) is 10.9 Å². The van der Waals surface area contributed by atoms with Crippen LogP contribution >= 0.6 is 0 Å². The van der Waals surface area contributed by atoms with E-state index in [1.165, 1.54) is 10.9 Å². The fraction of sp³-hybridized carbons (Fsp3) is 0.400. The molecule has 1 aromatic carbocycles. The van der Waals surface area contributed by atoms with Gasteiger partial charge in [-0.05, 0) is 38.8 Å². The Hall–Kier alpha value is -2.56. The second kappa shape index (κ2) is 7.13. The van der Waals surface area contributed by atoms with Crippen molar-refractivity contribution in [1.29, 1.82) is 0 Å². The van der Waals surface area contributed by atoms with Gasteiger partial charge in [-0.1, -0.05) is 18.2 Å². The Bertz CT molecular complexity index is 890. The van der Waals surface area contributed by atoms with Gasteiger partial charge in [0.1, 0.15) is 0 Å². The molecular weight excluding hydrogens is 312 g/mol. The van der Waals surface area contributed by atoms with Crippen LogP contribution in [0.1, 0.15) is 35.9 Å². The van der Waals surface area contributed by atoms with Crippen molar-refractivity contribution in [1.82, 2.24) is 19.7 Å². The van der Waals surface area contributed by atoms with Gasteiger partial charge >= 0.3 is 0 Å². The molecule has 0 unspecified atom stereocenters. The van der Waals surface area contributed by atoms with E-state index < -0.39 is 0 Å². The van der Waals surface area contributed by atoms with Crippen molar-refractivity contribution < 1.29 is 4.79 Å². The number of aryl methyl sites for hydroxylation is 3. The van der Waals surface area contributed by atoms with Crippen molar-refractivity contribution in [2.24, 2.45) is 0 Å². The van der Waals surface area contributed by atoms with Gasteiger partial charge in [0.05, 0.1) is 5.69 Å². The highest BCUT2D eigenvalue weighted by Gasteiger charge is 2.16. The predicted molar refractivity (Wildman–Crippen MR) is 100 cm³/mol. The molecule has 0 aliphatic carbocycles. The largest absolute Gasteiger partial charge is 0.361 e. The third-order valence-corrected chi connectivity index (χ3v) is 4.94. The zero-order chi connectivity index (χ0) is 18.0. The number of H-pyrrole nitrogens is 1. The molecule has 0 saturated carbocycles. The SMILES string of the molecule is CCn1nc(C)c(CN(C)C(=O)CCc2c[nH]c3ccccc23)c1C. The number of carbonyl (C=O) groups is 1. The fourth-order valence-electron chi connectivity index (χ4n) is 3.37. The second-order valence-electron chi connectivity index (χ2n) is 6.57. The number of fused-ring (bicyclic) bond motifs is 1. The van der Waals surface area contributed by atoms with Crippen LogP contribution in [-0.4, -0.2) is 32.6 Å². The number of nitrogens with one attached hydrogen (secondary N) is 1. The molecular formula is C20H26N4O. The average molecular weight is 338 g/mol. The zero-order valence-electron chi connectivity index (χ0n) is 15.5. The molecule has 3 aromatic rings. The summed E-state index contributed by atoms with van der Waals surface area (Å²) in [6.45, 7) is 7.64. The first kappa shape index (κ1) is 17.3. The highest BCUT2D eigenvalue weighted by molar-refractivity contribution is 5.84. The smallest absolute Gasteiger partial charge is 0.222 e. The van der Waals surface area contributed by atoms with Gasteiger partial charge in [0, 0.05) is 54.9 Å². The molecule has 0 saturated heterocycles. The lowest BCUT2D eigenvalue weighted by Crippen LogP contribution is -2.26. The number of hydrogen-bond donors (Lipinski definition) is 1. The lowest BCUT2D eigenvalue weighted by atomic mass is 10.1.